The summed E-state index contributed by atoms with van der Waals surface area (Å²) in [7, 11) is 1.24. The smallest absolute Gasteiger partial charge is 0.294 e. The first-order valence-electron chi connectivity index (χ1n) is 8.41. The van der Waals surface area contributed by atoms with Crippen molar-refractivity contribution >= 4 is 17.1 Å². The van der Waals surface area contributed by atoms with E-state index >= 15 is 0 Å². The van der Waals surface area contributed by atoms with Crippen LogP contribution in [0.4, 0.5) is 13.2 Å². The maximum Gasteiger partial charge on any atom is 0.433 e. The van der Waals surface area contributed by atoms with Gasteiger partial charge in [0.1, 0.15) is 11.4 Å². The molecule has 0 unspecified atom stereocenters. The van der Waals surface area contributed by atoms with Gasteiger partial charge in [0, 0.05) is 7.05 Å². The first-order valence-corrected chi connectivity index (χ1v) is 9.22. The van der Waals surface area contributed by atoms with Crippen molar-refractivity contribution in [3.63, 3.8) is 0 Å². The number of aryl methyl sites for hydroxylation is 1. The van der Waals surface area contributed by atoms with Crippen molar-refractivity contribution in [1.82, 2.24) is 9.78 Å². The number of thiophene rings is 1. The summed E-state index contributed by atoms with van der Waals surface area (Å²) in [5, 5.41) is 3.82. The SMILES string of the molecule is CC(=O)c1ccc(-c2cc(C(F)(F)F)n(C)n2)s1.CC1CCCCC1. The molecule has 0 atom stereocenters. The molecule has 0 spiro atoms. The number of hydrogen-bond donors (Lipinski definition) is 0. The highest BCUT2D eigenvalue weighted by Crippen LogP contribution is 2.34. The highest BCUT2D eigenvalue weighted by Gasteiger charge is 2.35. The molecule has 2 aromatic rings. The monoisotopic (exact) mass is 372 g/mol. The lowest BCUT2D eigenvalue weighted by atomic mass is 9.91. The largest absolute Gasteiger partial charge is 0.433 e. The Morgan fingerprint density at radius 3 is 2.28 bits per heavy atom. The topological polar surface area (TPSA) is 34.9 Å². The van der Waals surface area contributed by atoms with Crippen LogP contribution in [-0.2, 0) is 13.2 Å². The standard InChI is InChI=1S/C11H9F3N2OS.C7H14/c1-6(17)8-3-4-9(18-8)7-5-10(11(12,13)14)16(2)15-7;1-7-5-3-2-4-6-7/h3-5H,1-2H3;7H,2-6H2,1H3. The van der Waals surface area contributed by atoms with Gasteiger partial charge in [-0.3, -0.25) is 9.48 Å². The normalized spacial score (nSPS) is 15.6. The van der Waals surface area contributed by atoms with E-state index in [9.17, 15) is 18.0 Å². The van der Waals surface area contributed by atoms with E-state index in [2.05, 4.69) is 12.0 Å². The van der Waals surface area contributed by atoms with E-state index in [1.165, 1.54) is 46.1 Å². The lowest BCUT2D eigenvalue weighted by molar-refractivity contribution is -0.143. The summed E-state index contributed by atoms with van der Waals surface area (Å²) >= 11 is 1.13. The Hall–Kier alpha value is -1.63. The first kappa shape index (κ1) is 19.7. The molecule has 1 fully saturated rings. The van der Waals surface area contributed by atoms with Crippen LogP contribution in [0.5, 0.6) is 0 Å². The molecule has 0 bridgehead atoms. The van der Waals surface area contributed by atoms with Crippen LogP contribution in [0, 0.1) is 5.92 Å². The summed E-state index contributed by atoms with van der Waals surface area (Å²) in [5.74, 6) is 0.923. The number of rotatable bonds is 2. The molecule has 2 heterocycles. The number of nitrogens with zero attached hydrogens (tertiary/aromatic N) is 2. The molecule has 25 heavy (non-hydrogen) atoms. The number of alkyl halides is 3. The number of aromatic nitrogens is 2. The minimum atomic E-state index is -4.43. The van der Waals surface area contributed by atoms with E-state index in [1.54, 1.807) is 12.1 Å². The number of carbonyl (C=O) groups excluding carboxylic acids is 1. The van der Waals surface area contributed by atoms with Crippen LogP contribution in [0.1, 0.15) is 61.3 Å². The van der Waals surface area contributed by atoms with Crippen LogP contribution in [0.25, 0.3) is 10.6 Å². The van der Waals surface area contributed by atoms with E-state index in [-0.39, 0.29) is 11.5 Å². The second-order valence-corrected chi connectivity index (χ2v) is 7.58. The molecule has 3 nitrogen and oxygen atoms in total. The van der Waals surface area contributed by atoms with Crippen molar-refractivity contribution < 1.29 is 18.0 Å². The second kappa shape index (κ2) is 8.17. The summed E-state index contributed by atoms with van der Waals surface area (Å²) in [6, 6.07) is 4.17. The first-order chi connectivity index (χ1) is 11.7. The molecule has 0 saturated heterocycles. The van der Waals surface area contributed by atoms with Gasteiger partial charge < -0.3 is 0 Å². The molecule has 0 aromatic carbocycles. The molecule has 7 heteroatoms. The summed E-state index contributed by atoms with van der Waals surface area (Å²) < 4.78 is 38.6. The van der Waals surface area contributed by atoms with Gasteiger partial charge in [-0.2, -0.15) is 18.3 Å². The number of hydrogen-bond acceptors (Lipinski definition) is 3. The zero-order valence-electron chi connectivity index (χ0n) is 14.7. The zero-order chi connectivity index (χ0) is 18.6. The molecule has 1 aliphatic rings. The number of Topliss-reactive ketones (excluding diaryl/α,β-unsaturated/α-hetero) is 1. The predicted octanol–water partition coefficient (Wildman–Crippen LogP) is 5.96. The zero-order valence-corrected chi connectivity index (χ0v) is 15.5. The molecule has 0 N–H and O–H groups in total. The van der Waals surface area contributed by atoms with Gasteiger partial charge in [0.2, 0.25) is 0 Å². The molecular weight excluding hydrogens is 349 g/mol. The average molecular weight is 372 g/mol. The van der Waals surface area contributed by atoms with Gasteiger partial charge in [-0.15, -0.1) is 11.3 Å². The number of ketones is 1. The van der Waals surface area contributed by atoms with Gasteiger partial charge in [0.05, 0.1) is 9.75 Å². The van der Waals surface area contributed by atoms with Crippen molar-refractivity contribution in [2.75, 3.05) is 0 Å². The molecule has 3 rings (SSSR count). The lowest BCUT2D eigenvalue weighted by Crippen LogP contribution is -2.11. The number of halogens is 3. The van der Waals surface area contributed by atoms with Crippen LogP contribution < -0.4 is 0 Å². The van der Waals surface area contributed by atoms with Crippen LogP contribution in [0.15, 0.2) is 18.2 Å². The summed E-state index contributed by atoms with van der Waals surface area (Å²) in [4.78, 5) is 12.2. The maximum atomic E-state index is 12.6. The summed E-state index contributed by atoms with van der Waals surface area (Å²) in [6.45, 7) is 3.77. The fraction of sp³-hybridized carbons (Fsp3) is 0.556. The Balaban J connectivity index is 0.000000269. The van der Waals surface area contributed by atoms with E-state index in [0.29, 0.717) is 9.75 Å². The highest BCUT2D eigenvalue weighted by molar-refractivity contribution is 7.17. The summed E-state index contributed by atoms with van der Waals surface area (Å²) in [5.41, 5.74) is -0.586. The van der Waals surface area contributed by atoms with E-state index in [1.807, 2.05) is 0 Å². The fourth-order valence-corrected chi connectivity index (χ4v) is 3.68. The molecule has 138 valence electrons. The maximum absolute atomic E-state index is 12.6. The quantitative estimate of drug-likeness (QED) is 0.610. The predicted molar refractivity (Wildman–Crippen MR) is 93.8 cm³/mol. The average Bonchev–Trinajstić information content (AvgIpc) is 3.14. The summed E-state index contributed by atoms with van der Waals surface area (Å²) in [6.07, 6.45) is 3.01. The van der Waals surface area contributed by atoms with Gasteiger partial charge >= 0.3 is 6.18 Å². The molecule has 0 amide bonds. The van der Waals surface area contributed by atoms with E-state index in [0.717, 1.165) is 28.0 Å². The lowest BCUT2D eigenvalue weighted by Gasteiger charge is -2.15. The van der Waals surface area contributed by atoms with Crippen LogP contribution in [0.3, 0.4) is 0 Å². The minimum Gasteiger partial charge on any atom is -0.294 e. The van der Waals surface area contributed by atoms with Gasteiger partial charge in [-0.1, -0.05) is 39.0 Å². The third kappa shape index (κ3) is 5.42. The Morgan fingerprint density at radius 1 is 1.24 bits per heavy atom. The van der Waals surface area contributed by atoms with Crippen LogP contribution in [-0.4, -0.2) is 15.6 Å². The highest BCUT2D eigenvalue weighted by atomic mass is 32.1. The molecule has 0 radical (unpaired) electrons. The van der Waals surface area contributed by atoms with Gasteiger partial charge in [0.25, 0.3) is 0 Å². The minimum absolute atomic E-state index is 0.113. The van der Waals surface area contributed by atoms with E-state index in [4.69, 9.17) is 0 Å². The third-order valence-electron chi connectivity index (χ3n) is 4.27. The Bertz CT molecular complexity index is 712. The van der Waals surface area contributed by atoms with Crippen molar-refractivity contribution in [1.29, 1.82) is 0 Å². The molecule has 0 aliphatic heterocycles. The van der Waals surface area contributed by atoms with Gasteiger partial charge in [0.15, 0.2) is 5.78 Å². The van der Waals surface area contributed by atoms with Crippen LogP contribution in [0.2, 0.25) is 0 Å². The van der Waals surface area contributed by atoms with Crippen molar-refractivity contribution in [2.45, 2.75) is 52.1 Å². The second-order valence-electron chi connectivity index (χ2n) is 6.50. The van der Waals surface area contributed by atoms with Crippen molar-refractivity contribution in [2.24, 2.45) is 13.0 Å². The molecular formula is C18H23F3N2OS. The molecule has 1 saturated carbocycles. The Labute approximate surface area is 149 Å². The van der Waals surface area contributed by atoms with Crippen molar-refractivity contribution in [3.05, 3.63) is 28.8 Å². The number of carbonyl (C=O) groups is 1. The van der Waals surface area contributed by atoms with Crippen LogP contribution >= 0.6 is 11.3 Å². The Morgan fingerprint density at radius 2 is 1.88 bits per heavy atom. The Kier molecular flexibility index (Phi) is 6.43. The van der Waals surface area contributed by atoms with Crippen molar-refractivity contribution in [3.8, 4) is 10.6 Å². The van der Waals surface area contributed by atoms with Gasteiger partial charge in [-0.05, 0) is 31.0 Å². The fourth-order valence-electron chi connectivity index (χ4n) is 2.82. The molecule has 2 aromatic heterocycles. The molecule has 1 aliphatic carbocycles. The third-order valence-corrected chi connectivity index (χ3v) is 5.48. The van der Waals surface area contributed by atoms with Gasteiger partial charge in [-0.25, -0.2) is 0 Å². The van der Waals surface area contributed by atoms with E-state index < -0.39 is 11.9 Å².